The van der Waals surface area contributed by atoms with Gasteiger partial charge in [-0.3, -0.25) is 10.1 Å². The molecule has 29 heavy (non-hydrogen) atoms. The zero-order valence-corrected chi connectivity index (χ0v) is 17.7. The van der Waals surface area contributed by atoms with Crippen LogP contribution in [0.3, 0.4) is 0 Å². The maximum atomic E-state index is 12.7. The molecule has 1 amide bonds. The molecular formula is C21H26N4O3S. The van der Waals surface area contributed by atoms with E-state index in [4.69, 9.17) is 0 Å². The molecule has 0 bridgehead atoms. The van der Waals surface area contributed by atoms with Crippen molar-refractivity contribution in [3.63, 3.8) is 0 Å². The molecule has 0 aliphatic heterocycles. The highest BCUT2D eigenvalue weighted by atomic mass is 32.2. The van der Waals surface area contributed by atoms with Gasteiger partial charge >= 0.3 is 0 Å². The number of carbonyl (C=O) groups is 1. The molecule has 0 aliphatic carbocycles. The second-order valence-electron chi connectivity index (χ2n) is 6.64. The van der Waals surface area contributed by atoms with Gasteiger partial charge < -0.3 is 4.57 Å². The van der Waals surface area contributed by atoms with Crippen molar-refractivity contribution in [2.45, 2.75) is 38.6 Å². The van der Waals surface area contributed by atoms with Crippen LogP contribution < -0.4 is 5.32 Å². The summed E-state index contributed by atoms with van der Waals surface area (Å²) in [6, 6.07) is 13.7. The third-order valence-corrected chi connectivity index (χ3v) is 6.85. The lowest BCUT2D eigenvalue weighted by molar-refractivity contribution is 0.102. The minimum atomic E-state index is -3.55. The zero-order valence-electron chi connectivity index (χ0n) is 16.9. The number of hydrogen-bond donors (Lipinski definition) is 1. The zero-order chi connectivity index (χ0) is 21.0. The van der Waals surface area contributed by atoms with E-state index < -0.39 is 10.0 Å². The molecule has 1 aromatic heterocycles. The number of amides is 1. The quantitative estimate of drug-likeness (QED) is 0.609. The topological polar surface area (TPSA) is 84.3 Å². The van der Waals surface area contributed by atoms with Gasteiger partial charge in [0.25, 0.3) is 5.91 Å². The Morgan fingerprint density at radius 1 is 1.03 bits per heavy atom. The van der Waals surface area contributed by atoms with Gasteiger partial charge in [0.2, 0.25) is 16.0 Å². The lowest BCUT2D eigenvalue weighted by atomic mass is 10.2. The molecular weight excluding hydrogens is 388 g/mol. The molecule has 0 spiro atoms. The minimum absolute atomic E-state index is 0.177. The minimum Gasteiger partial charge on any atom is -0.310 e. The first kappa shape index (κ1) is 21.0. The van der Waals surface area contributed by atoms with E-state index in [1.807, 2.05) is 28.8 Å². The third-order valence-electron chi connectivity index (χ3n) is 4.79. The Balaban J connectivity index is 1.85. The van der Waals surface area contributed by atoms with Crippen molar-refractivity contribution in [2.24, 2.45) is 0 Å². The summed E-state index contributed by atoms with van der Waals surface area (Å²) in [5.41, 5.74) is 2.15. The van der Waals surface area contributed by atoms with Gasteiger partial charge in [-0.1, -0.05) is 32.9 Å². The number of hydrogen-bond acceptors (Lipinski definition) is 4. The van der Waals surface area contributed by atoms with E-state index in [9.17, 15) is 13.2 Å². The van der Waals surface area contributed by atoms with Crippen molar-refractivity contribution < 1.29 is 13.2 Å². The molecule has 0 unspecified atom stereocenters. The first-order chi connectivity index (χ1) is 13.9. The first-order valence-corrected chi connectivity index (χ1v) is 11.2. The van der Waals surface area contributed by atoms with Crippen molar-refractivity contribution in [1.82, 2.24) is 13.9 Å². The van der Waals surface area contributed by atoms with Crippen molar-refractivity contribution >= 4 is 32.9 Å². The third kappa shape index (κ3) is 4.18. The fourth-order valence-electron chi connectivity index (χ4n) is 3.29. The number of anilines is 1. The molecule has 2 aromatic carbocycles. The van der Waals surface area contributed by atoms with Gasteiger partial charge in [0.05, 0.1) is 15.9 Å². The number of para-hydroxylation sites is 2. The number of carbonyl (C=O) groups excluding carboxylic acids is 1. The van der Waals surface area contributed by atoms with Gasteiger partial charge in [-0.25, -0.2) is 13.4 Å². The second kappa shape index (κ2) is 8.75. The van der Waals surface area contributed by atoms with Gasteiger partial charge in [0.15, 0.2) is 0 Å². The number of nitrogens with one attached hydrogen (secondary N) is 1. The average molecular weight is 415 g/mol. The fraction of sp³-hybridized carbons (Fsp3) is 0.333. The van der Waals surface area contributed by atoms with E-state index in [0.29, 0.717) is 24.6 Å². The van der Waals surface area contributed by atoms with Crippen LogP contribution in [-0.4, -0.2) is 41.3 Å². The number of benzene rings is 2. The molecule has 3 aromatic rings. The molecule has 0 fully saturated rings. The predicted molar refractivity (Wildman–Crippen MR) is 115 cm³/mol. The molecule has 8 heteroatoms. The van der Waals surface area contributed by atoms with E-state index in [1.165, 1.54) is 28.6 Å². The van der Waals surface area contributed by atoms with Gasteiger partial charge in [-0.05, 0) is 42.8 Å². The van der Waals surface area contributed by atoms with Crippen LogP contribution in [0.2, 0.25) is 0 Å². The Morgan fingerprint density at radius 3 is 2.31 bits per heavy atom. The number of nitrogens with zero attached hydrogens (tertiary/aromatic N) is 3. The van der Waals surface area contributed by atoms with E-state index in [-0.39, 0.29) is 10.8 Å². The maximum absolute atomic E-state index is 12.7. The molecule has 154 valence electrons. The van der Waals surface area contributed by atoms with Crippen LogP contribution in [0.5, 0.6) is 0 Å². The molecule has 7 nitrogen and oxygen atoms in total. The highest BCUT2D eigenvalue weighted by Crippen LogP contribution is 2.21. The Morgan fingerprint density at radius 2 is 1.69 bits per heavy atom. The fourth-order valence-corrected chi connectivity index (χ4v) is 4.74. The largest absolute Gasteiger partial charge is 0.310 e. The van der Waals surface area contributed by atoms with Crippen molar-refractivity contribution in [3.05, 3.63) is 54.1 Å². The van der Waals surface area contributed by atoms with Crippen LogP contribution in [0.1, 0.15) is 37.6 Å². The molecule has 1 N–H and O–H groups in total. The van der Waals surface area contributed by atoms with Crippen molar-refractivity contribution in [3.8, 4) is 0 Å². The smallest absolute Gasteiger partial charge is 0.257 e. The Kier molecular flexibility index (Phi) is 6.34. The van der Waals surface area contributed by atoms with Crippen LogP contribution >= 0.6 is 0 Å². The summed E-state index contributed by atoms with van der Waals surface area (Å²) in [5, 5.41) is 2.86. The van der Waals surface area contributed by atoms with E-state index >= 15 is 0 Å². The average Bonchev–Trinajstić information content (AvgIpc) is 3.06. The van der Waals surface area contributed by atoms with Crippen LogP contribution in [0.25, 0.3) is 11.0 Å². The summed E-state index contributed by atoms with van der Waals surface area (Å²) in [7, 11) is -3.55. The molecule has 0 atom stereocenters. The SMILES string of the molecule is CCCn1c(NC(=O)c2ccc(S(=O)(=O)N(CC)CC)cc2)nc2ccccc21. The first-order valence-electron chi connectivity index (χ1n) is 9.79. The lowest BCUT2D eigenvalue weighted by Crippen LogP contribution is -2.30. The Bertz CT molecular complexity index is 1100. The molecule has 0 saturated carbocycles. The molecule has 0 radical (unpaired) electrons. The second-order valence-corrected chi connectivity index (χ2v) is 8.58. The Labute approximate surface area is 171 Å². The number of aryl methyl sites for hydroxylation is 1. The number of fused-ring (bicyclic) bond motifs is 1. The molecule has 0 saturated heterocycles. The molecule has 1 heterocycles. The molecule has 0 aliphatic rings. The van der Waals surface area contributed by atoms with Crippen molar-refractivity contribution in [2.75, 3.05) is 18.4 Å². The van der Waals surface area contributed by atoms with Gasteiger partial charge in [-0.2, -0.15) is 4.31 Å². The monoisotopic (exact) mass is 414 g/mol. The standard InChI is InChI=1S/C21H26N4O3S/c1-4-15-25-19-10-8-7-9-18(19)22-21(25)23-20(26)16-11-13-17(14-12-16)29(27,28)24(5-2)6-3/h7-14H,4-6,15H2,1-3H3,(H,22,23,26). The lowest BCUT2D eigenvalue weighted by Gasteiger charge is -2.18. The van der Waals surface area contributed by atoms with Gasteiger partial charge in [0.1, 0.15) is 0 Å². The Hall–Kier alpha value is -2.71. The van der Waals surface area contributed by atoms with E-state index in [1.54, 1.807) is 13.8 Å². The van der Waals surface area contributed by atoms with E-state index in [0.717, 1.165) is 24.0 Å². The summed E-state index contributed by atoms with van der Waals surface area (Å²) >= 11 is 0. The summed E-state index contributed by atoms with van der Waals surface area (Å²) in [6.07, 6.45) is 0.904. The summed E-state index contributed by atoms with van der Waals surface area (Å²) in [5.74, 6) is 0.155. The predicted octanol–water partition coefficient (Wildman–Crippen LogP) is 3.73. The van der Waals surface area contributed by atoms with Gasteiger partial charge in [0, 0.05) is 25.2 Å². The van der Waals surface area contributed by atoms with E-state index in [2.05, 4.69) is 17.2 Å². The number of sulfonamides is 1. The maximum Gasteiger partial charge on any atom is 0.257 e. The summed E-state index contributed by atoms with van der Waals surface area (Å²) < 4.78 is 28.6. The van der Waals surface area contributed by atoms with Crippen molar-refractivity contribution in [1.29, 1.82) is 0 Å². The van der Waals surface area contributed by atoms with Crippen LogP contribution in [-0.2, 0) is 16.6 Å². The van der Waals surface area contributed by atoms with Gasteiger partial charge in [-0.15, -0.1) is 0 Å². The molecule has 3 rings (SSSR count). The normalized spacial score (nSPS) is 11.9. The highest BCUT2D eigenvalue weighted by molar-refractivity contribution is 7.89. The van der Waals surface area contributed by atoms with Crippen LogP contribution in [0.15, 0.2) is 53.4 Å². The number of imidazole rings is 1. The summed E-state index contributed by atoms with van der Waals surface area (Å²) in [4.78, 5) is 17.4. The van der Waals surface area contributed by atoms with Crippen LogP contribution in [0.4, 0.5) is 5.95 Å². The summed E-state index contributed by atoms with van der Waals surface area (Å²) in [6.45, 7) is 7.19. The number of rotatable bonds is 8. The highest BCUT2D eigenvalue weighted by Gasteiger charge is 2.22. The number of aromatic nitrogens is 2. The van der Waals surface area contributed by atoms with Crippen LogP contribution in [0, 0.1) is 0 Å².